The van der Waals surface area contributed by atoms with Gasteiger partial charge in [0.15, 0.2) is 12.7 Å². The molecule has 0 radical (unpaired) electrons. The normalized spacial score (nSPS) is 11.0. The summed E-state index contributed by atoms with van der Waals surface area (Å²) in [6.45, 7) is 4.46. The van der Waals surface area contributed by atoms with Gasteiger partial charge >= 0.3 is 5.97 Å². The summed E-state index contributed by atoms with van der Waals surface area (Å²) in [7, 11) is 0. The van der Waals surface area contributed by atoms with Gasteiger partial charge in [0.25, 0.3) is 5.91 Å². The number of carbonyl (C=O) groups is 3. The molecule has 0 aliphatic rings. The highest BCUT2D eigenvalue weighted by molar-refractivity contribution is 5.96. The Bertz CT molecular complexity index is 943. The molecule has 2 aromatic carbocycles. The number of carbonyl (C=O) groups excluding carboxylic acids is 3. The van der Waals surface area contributed by atoms with Crippen LogP contribution in [0, 0.1) is 25.2 Å². The molecule has 156 valence electrons. The van der Waals surface area contributed by atoms with Crippen LogP contribution in [-0.4, -0.2) is 37.0 Å². The molecular formula is C22H23N3O5. The van der Waals surface area contributed by atoms with Crippen LogP contribution in [0.4, 0.5) is 5.69 Å². The van der Waals surface area contributed by atoms with Crippen molar-refractivity contribution in [3.05, 3.63) is 59.2 Å². The van der Waals surface area contributed by atoms with E-state index >= 15 is 0 Å². The second-order valence-electron chi connectivity index (χ2n) is 6.60. The number of hydrogen-bond acceptors (Lipinski definition) is 6. The first-order valence-corrected chi connectivity index (χ1v) is 9.26. The molecule has 8 nitrogen and oxygen atoms in total. The van der Waals surface area contributed by atoms with Crippen LogP contribution in [-0.2, 0) is 19.1 Å². The fraction of sp³-hybridized carbons (Fsp3) is 0.273. The Kier molecular flexibility index (Phi) is 7.94. The van der Waals surface area contributed by atoms with Gasteiger partial charge < -0.3 is 20.1 Å². The van der Waals surface area contributed by atoms with E-state index in [1.165, 1.54) is 6.92 Å². The zero-order valence-corrected chi connectivity index (χ0v) is 17.0. The smallest absolute Gasteiger partial charge is 0.347 e. The number of nitrogens with zero attached hydrogens (tertiary/aromatic N) is 1. The van der Waals surface area contributed by atoms with Crippen molar-refractivity contribution < 1.29 is 23.9 Å². The van der Waals surface area contributed by atoms with Gasteiger partial charge in [-0.2, -0.15) is 5.26 Å². The largest absolute Gasteiger partial charge is 0.479 e. The molecule has 2 aromatic rings. The molecule has 0 heterocycles. The summed E-state index contributed by atoms with van der Waals surface area (Å²) < 4.78 is 10.3. The van der Waals surface area contributed by atoms with Crippen LogP contribution in [0.15, 0.2) is 42.5 Å². The van der Waals surface area contributed by atoms with Crippen molar-refractivity contribution in [1.82, 2.24) is 5.32 Å². The molecule has 2 rings (SSSR count). The van der Waals surface area contributed by atoms with Gasteiger partial charge in [0, 0.05) is 5.69 Å². The third kappa shape index (κ3) is 6.63. The van der Waals surface area contributed by atoms with Crippen LogP contribution in [0.2, 0.25) is 0 Å². The van der Waals surface area contributed by atoms with Gasteiger partial charge in [-0.1, -0.05) is 18.2 Å². The molecule has 2 N–H and O–H groups in total. The number of para-hydroxylation sites is 1. The Hall–Kier alpha value is -3.86. The van der Waals surface area contributed by atoms with Crippen LogP contribution in [0.25, 0.3) is 0 Å². The molecule has 0 unspecified atom stereocenters. The van der Waals surface area contributed by atoms with Crippen LogP contribution >= 0.6 is 0 Å². The molecule has 2 amide bonds. The topological polar surface area (TPSA) is 118 Å². The summed E-state index contributed by atoms with van der Waals surface area (Å²) in [5.74, 6) is -1.32. The van der Waals surface area contributed by atoms with Crippen molar-refractivity contribution in [2.75, 3.05) is 18.5 Å². The maximum absolute atomic E-state index is 12.0. The molecule has 0 spiro atoms. The Labute approximate surface area is 174 Å². The van der Waals surface area contributed by atoms with E-state index in [1.807, 2.05) is 38.1 Å². The Morgan fingerprint density at radius 3 is 2.27 bits per heavy atom. The van der Waals surface area contributed by atoms with E-state index in [9.17, 15) is 14.4 Å². The van der Waals surface area contributed by atoms with Gasteiger partial charge in [-0.25, -0.2) is 4.79 Å². The van der Waals surface area contributed by atoms with Crippen LogP contribution in [0.5, 0.6) is 5.75 Å². The van der Waals surface area contributed by atoms with Gasteiger partial charge in [-0.3, -0.25) is 9.59 Å². The number of amides is 2. The second-order valence-corrected chi connectivity index (χ2v) is 6.60. The highest BCUT2D eigenvalue weighted by atomic mass is 16.6. The summed E-state index contributed by atoms with van der Waals surface area (Å²) in [5, 5.41) is 13.9. The fourth-order valence-electron chi connectivity index (χ4n) is 2.54. The third-order valence-electron chi connectivity index (χ3n) is 4.17. The summed E-state index contributed by atoms with van der Waals surface area (Å²) in [6.07, 6.45) is -0.946. The second kappa shape index (κ2) is 10.6. The van der Waals surface area contributed by atoms with E-state index in [2.05, 4.69) is 10.6 Å². The molecule has 30 heavy (non-hydrogen) atoms. The lowest BCUT2D eigenvalue weighted by Crippen LogP contribution is -2.37. The Morgan fingerprint density at radius 2 is 1.67 bits per heavy atom. The predicted molar refractivity (Wildman–Crippen MR) is 110 cm³/mol. The molecule has 0 aromatic heterocycles. The maximum atomic E-state index is 12.0. The van der Waals surface area contributed by atoms with Crippen molar-refractivity contribution in [2.45, 2.75) is 26.9 Å². The highest BCUT2D eigenvalue weighted by Crippen LogP contribution is 2.19. The fourth-order valence-corrected chi connectivity index (χ4v) is 2.54. The van der Waals surface area contributed by atoms with Gasteiger partial charge in [0.2, 0.25) is 5.91 Å². The number of esters is 1. The summed E-state index contributed by atoms with van der Waals surface area (Å²) in [6, 6.07) is 13.9. The Morgan fingerprint density at radius 1 is 1.03 bits per heavy atom. The lowest BCUT2D eigenvalue weighted by molar-refractivity contribution is -0.154. The van der Waals surface area contributed by atoms with Crippen LogP contribution < -0.4 is 15.4 Å². The van der Waals surface area contributed by atoms with Gasteiger partial charge in [-0.05, 0) is 56.2 Å². The molecule has 1 atom stereocenters. The first-order chi connectivity index (χ1) is 14.3. The minimum Gasteiger partial charge on any atom is -0.479 e. The van der Waals surface area contributed by atoms with Crippen LogP contribution in [0.3, 0.4) is 0 Å². The Balaban J connectivity index is 1.73. The number of rotatable bonds is 8. The maximum Gasteiger partial charge on any atom is 0.347 e. The summed E-state index contributed by atoms with van der Waals surface area (Å²) >= 11 is 0. The highest BCUT2D eigenvalue weighted by Gasteiger charge is 2.18. The van der Waals surface area contributed by atoms with Crippen molar-refractivity contribution in [2.24, 2.45) is 0 Å². The number of anilines is 1. The lowest BCUT2D eigenvalue weighted by atomic mass is 10.1. The van der Waals surface area contributed by atoms with Crippen molar-refractivity contribution in [3.8, 4) is 11.8 Å². The zero-order valence-electron chi connectivity index (χ0n) is 17.0. The van der Waals surface area contributed by atoms with Crippen molar-refractivity contribution in [1.29, 1.82) is 5.26 Å². The lowest BCUT2D eigenvalue weighted by Gasteiger charge is -2.14. The standard InChI is InChI=1S/C22H23N3O5/c1-14-5-4-6-15(2)21(14)25-19(26)12-24-20(27)13-29-22(28)16(3)30-18-9-7-17(11-23)8-10-18/h4-10,16H,12-13H2,1-3H3,(H,24,27)(H,25,26)/t16-/m1/s1. The van der Waals surface area contributed by atoms with Gasteiger partial charge in [-0.15, -0.1) is 0 Å². The molecule has 8 heteroatoms. The number of nitriles is 1. The zero-order chi connectivity index (χ0) is 22.1. The molecule has 0 aliphatic heterocycles. The van der Waals surface area contributed by atoms with E-state index in [-0.39, 0.29) is 12.5 Å². The number of aryl methyl sites for hydroxylation is 2. The van der Waals surface area contributed by atoms with E-state index in [4.69, 9.17) is 14.7 Å². The monoisotopic (exact) mass is 409 g/mol. The van der Waals surface area contributed by atoms with E-state index < -0.39 is 24.6 Å². The average molecular weight is 409 g/mol. The molecule has 0 aliphatic carbocycles. The van der Waals surface area contributed by atoms with Crippen molar-refractivity contribution >= 4 is 23.5 Å². The number of benzene rings is 2. The molecule has 0 fully saturated rings. The van der Waals surface area contributed by atoms with Gasteiger partial charge in [0.1, 0.15) is 5.75 Å². The number of ether oxygens (including phenoxy) is 2. The molecule has 0 bridgehead atoms. The number of nitrogens with one attached hydrogen (secondary N) is 2. The average Bonchev–Trinajstić information content (AvgIpc) is 2.73. The minimum atomic E-state index is -0.946. The molecule has 0 saturated carbocycles. The van der Waals surface area contributed by atoms with E-state index in [0.717, 1.165) is 11.1 Å². The predicted octanol–water partition coefficient (Wildman–Crippen LogP) is 2.24. The molecule has 0 saturated heterocycles. The number of hydrogen-bond donors (Lipinski definition) is 2. The van der Waals surface area contributed by atoms with E-state index in [0.29, 0.717) is 17.0 Å². The molecular weight excluding hydrogens is 386 g/mol. The minimum absolute atomic E-state index is 0.249. The third-order valence-corrected chi connectivity index (χ3v) is 4.17. The van der Waals surface area contributed by atoms with Crippen LogP contribution in [0.1, 0.15) is 23.6 Å². The SMILES string of the molecule is Cc1cccc(C)c1NC(=O)CNC(=O)COC(=O)[C@@H](C)Oc1ccc(C#N)cc1. The summed E-state index contributed by atoms with van der Waals surface area (Å²) in [5.41, 5.74) is 3.01. The van der Waals surface area contributed by atoms with Crippen molar-refractivity contribution in [3.63, 3.8) is 0 Å². The quantitative estimate of drug-likeness (QED) is 0.646. The van der Waals surface area contributed by atoms with Gasteiger partial charge in [0.05, 0.1) is 18.2 Å². The first-order valence-electron chi connectivity index (χ1n) is 9.26. The first kappa shape index (κ1) is 22.4. The summed E-state index contributed by atoms with van der Waals surface area (Å²) in [4.78, 5) is 35.9. The van der Waals surface area contributed by atoms with E-state index in [1.54, 1.807) is 24.3 Å².